The van der Waals surface area contributed by atoms with Crippen LogP contribution in [0.3, 0.4) is 0 Å². The molecule has 88 valence electrons. The van der Waals surface area contributed by atoms with Crippen LogP contribution < -0.4 is 5.32 Å². The molecule has 0 unspecified atom stereocenters. The van der Waals surface area contributed by atoms with E-state index in [1.165, 1.54) is 7.05 Å². The van der Waals surface area contributed by atoms with Gasteiger partial charge in [-0.05, 0) is 12.1 Å². The SMILES string of the molecule is CNC(=O)c1cc(F)cc(S(=O)(=O)Cl)c1F. The number of carbonyl (C=O) groups is 1. The van der Waals surface area contributed by atoms with E-state index in [0.29, 0.717) is 12.1 Å². The first-order valence-corrected chi connectivity index (χ1v) is 6.24. The van der Waals surface area contributed by atoms with Gasteiger partial charge in [-0.25, -0.2) is 17.2 Å². The highest BCUT2D eigenvalue weighted by atomic mass is 35.7. The first kappa shape index (κ1) is 12.9. The fourth-order valence-electron chi connectivity index (χ4n) is 1.04. The minimum atomic E-state index is -4.44. The Balaban J connectivity index is 3.56. The van der Waals surface area contributed by atoms with Gasteiger partial charge in [0.25, 0.3) is 15.0 Å². The minimum Gasteiger partial charge on any atom is -0.355 e. The van der Waals surface area contributed by atoms with Crippen molar-refractivity contribution in [3.05, 3.63) is 29.3 Å². The average molecular weight is 270 g/mol. The van der Waals surface area contributed by atoms with E-state index in [1.54, 1.807) is 0 Å². The van der Waals surface area contributed by atoms with Gasteiger partial charge in [-0.15, -0.1) is 0 Å². The van der Waals surface area contributed by atoms with Crippen LogP contribution in [0, 0.1) is 11.6 Å². The number of carbonyl (C=O) groups excluding carboxylic acids is 1. The zero-order valence-corrected chi connectivity index (χ0v) is 9.49. The summed E-state index contributed by atoms with van der Waals surface area (Å²) in [4.78, 5) is 10.0. The van der Waals surface area contributed by atoms with Crippen LogP contribution in [0.2, 0.25) is 0 Å². The number of nitrogens with one attached hydrogen (secondary N) is 1. The number of amides is 1. The molecule has 0 spiro atoms. The van der Waals surface area contributed by atoms with Gasteiger partial charge in [0, 0.05) is 17.7 Å². The lowest BCUT2D eigenvalue weighted by Crippen LogP contribution is -2.20. The molecular formula is C8H6ClF2NO3S. The zero-order chi connectivity index (χ0) is 12.5. The van der Waals surface area contributed by atoms with E-state index in [-0.39, 0.29) is 0 Å². The number of hydrogen-bond donors (Lipinski definition) is 1. The van der Waals surface area contributed by atoms with Crippen LogP contribution in [0.5, 0.6) is 0 Å². The van der Waals surface area contributed by atoms with Crippen molar-refractivity contribution < 1.29 is 22.0 Å². The quantitative estimate of drug-likeness (QED) is 0.822. The monoisotopic (exact) mass is 269 g/mol. The van der Waals surface area contributed by atoms with E-state index in [2.05, 4.69) is 0 Å². The molecule has 1 aromatic rings. The highest BCUT2D eigenvalue weighted by Gasteiger charge is 2.23. The van der Waals surface area contributed by atoms with E-state index in [0.717, 1.165) is 0 Å². The number of hydrogen-bond acceptors (Lipinski definition) is 3. The molecule has 0 saturated heterocycles. The van der Waals surface area contributed by atoms with Crippen LogP contribution in [0.25, 0.3) is 0 Å². The van der Waals surface area contributed by atoms with Crippen LogP contribution in [0.15, 0.2) is 17.0 Å². The Kier molecular flexibility index (Phi) is 3.49. The molecule has 0 saturated carbocycles. The van der Waals surface area contributed by atoms with E-state index >= 15 is 0 Å². The van der Waals surface area contributed by atoms with Crippen molar-refractivity contribution in [2.75, 3.05) is 7.05 Å². The molecule has 16 heavy (non-hydrogen) atoms. The summed E-state index contributed by atoms with van der Waals surface area (Å²) in [6.07, 6.45) is 0. The molecule has 0 aliphatic rings. The fourth-order valence-corrected chi connectivity index (χ4v) is 1.96. The number of benzene rings is 1. The minimum absolute atomic E-state index is 0.407. The maximum Gasteiger partial charge on any atom is 0.264 e. The van der Waals surface area contributed by atoms with E-state index < -0.39 is 37.1 Å². The van der Waals surface area contributed by atoms with Crippen molar-refractivity contribution >= 4 is 25.6 Å². The Morgan fingerprint density at radius 2 is 1.94 bits per heavy atom. The highest BCUT2D eigenvalue weighted by Crippen LogP contribution is 2.23. The van der Waals surface area contributed by atoms with Crippen LogP contribution in [0.1, 0.15) is 10.4 Å². The summed E-state index contributed by atoms with van der Waals surface area (Å²) in [7, 11) is 1.64. The first-order chi connectivity index (χ1) is 7.27. The summed E-state index contributed by atoms with van der Waals surface area (Å²) in [6.45, 7) is 0. The van der Waals surface area contributed by atoms with Crippen LogP contribution in [0.4, 0.5) is 8.78 Å². The Morgan fingerprint density at radius 3 is 2.38 bits per heavy atom. The van der Waals surface area contributed by atoms with Gasteiger partial charge < -0.3 is 5.32 Å². The lowest BCUT2D eigenvalue weighted by Gasteiger charge is -2.05. The molecule has 0 aliphatic heterocycles. The van der Waals surface area contributed by atoms with Crippen LogP contribution >= 0.6 is 10.7 Å². The Bertz CT molecular complexity index is 544. The van der Waals surface area contributed by atoms with E-state index in [1.807, 2.05) is 5.32 Å². The Morgan fingerprint density at radius 1 is 1.38 bits per heavy atom. The summed E-state index contributed by atoms with van der Waals surface area (Å²) in [5, 5.41) is 2.04. The average Bonchev–Trinajstić information content (AvgIpc) is 2.18. The predicted molar refractivity (Wildman–Crippen MR) is 52.8 cm³/mol. The highest BCUT2D eigenvalue weighted by molar-refractivity contribution is 8.13. The van der Waals surface area contributed by atoms with Crippen molar-refractivity contribution in [3.8, 4) is 0 Å². The Hall–Kier alpha value is -1.21. The molecule has 4 nitrogen and oxygen atoms in total. The predicted octanol–water partition coefficient (Wildman–Crippen LogP) is 1.25. The smallest absolute Gasteiger partial charge is 0.264 e. The molecule has 1 rings (SSSR count). The first-order valence-electron chi connectivity index (χ1n) is 3.93. The van der Waals surface area contributed by atoms with Crippen molar-refractivity contribution in [2.45, 2.75) is 4.90 Å². The van der Waals surface area contributed by atoms with Gasteiger partial charge in [0.2, 0.25) is 0 Å². The molecule has 0 bridgehead atoms. The molecule has 0 aromatic heterocycles. The summed E-state index contributed by atoms with van der Waals surface area (Å²) in [5.41, 5.74) is -0.721. The van der Waals surface area contributed by atoms with Crippen molar-refractivity contribution in [3.63, 3.8) is 0 Å². The van der Waals surface area contributed by atoms with Gasteiger partial charge >= 0.3 is 0 Å². The van der Waals surface area contributed by atoms with Crippen molar-refractivity contribution in [1.82, 2.24) is 5.32 Å². The van der Waals surface area contributed by atoms with Gasteiger partial charge in [0.05, 0.1) is 5.56 Å². The van der Waals surface area contributed by atoms with Crippen molar-refractivity contribution in [1.29, 1.82) is 0 Å². The van der Waals surface area contributed by atoms with Crippen molar-refractivity contribution in [2.24, 2.45) is 0 Å². The molecule has 0 heterocycles. The molecular weight excluding hydrogens is 264 g/mol. The fraction of sp³-hybridized carbons (Fsp3) is 0.125. The maximum absolute atomic E-state index is 13.5. The second-order valence-corrected chi connectivity index (χ2v) is 5.32. The van der Waals surface area contributed by atoms with Gasteiger partial charge in [0.15, 0.2) is 5.82 Å². The lowest BCUT2D eigenvalue weighted by molar-refractivity contribution is 0.0958. The second kappa shape index (κ2) is 4.34. The number of halogens is 3. The van der Waals surface area contributed by atoms with Crippen LogP contribution in [-0.4, -0.2) is 21.4 Å². The third kappa shape index (κ3) is 2.48. The lowest BCUT2D eigenvalue weighted by atomic mass is 10.2. The summed E-state index contributed by atoms with van der Waals surface area (Å²) < 4.78 is 48.3. The topological polar surface area (TPSA) is 63.2 Å². The van der Waals surface area contributed by atoms with Gasteiger partial charge in [-0.2, -0.15) is 0 Å². The van der Waals surface area contributed by atoms with Crippen LogP contribution in [-0.2, 0) is 9.05 Å². The molecule has 0 aliphatic carbocycles. The summed E-state index contributed by atoms with van der Waals surface area (Å²) in [5.74, 6) is -3.39. The van der Waals surface area contributed by atoms with Gasteiger partial charge in [0.1, 0.15) is 10.7 Å². The van der Waals surface area contributed by atoms with E-state index in [4.69, 9.17) is 10.7 Å². The maximum atomic E-state index is 13.5. The molecule has 0 radical (unpaired) electrons. The normalized spacial score (nSPS) is 11.2. The molecule has 0 atom stereocenters. The largest absolute Gasteiger partial charge is 0.355 e. The standard InChI is InChI=1S/C8H6ClF2NO3S/c1-12-8(13)5-2-4(10)3-6(7(5)11)16(9,14)15/h2-3H,1H3,(H,12,13). The molecule has 1 N–H and O–H groups in total. The van der Waals surface area contributed by atoms with Gasteiger partial charge in [-0.3, -0.25) is 4.79 Å². The molecule has 0 fully saturated rings. The summed E-state index contributed by atoms with van der Waals surface area (Å²) in [6, 6.07) is 0.990. The van der Waals surface area contributed by atoms with Gasteiger partial charge in [-0.1, -0.05) is 0 Å². The molecule has 1 aromatic carbocycles. The summed E-state index contributed by atoms with van der Waals surface area (Å²) >= 11 is 0. The second-order valence-electron chi connectivity index (χ2n) is 2.78. The number of rotatable bonds is 2. The molecule has 8 heteroatoms. The zero-order valence-electron chi connectivity index (χ0n) is 7.92. The third-order valence-electron chi connectivity index (χ3n) is 1.74. The Labute approximate surface area is 94.6 Å². The third-order valence-corrected chi connectivity index (χ3v) is 3.06. The van der Waals surface area contributed by atoms with E-state index in [9.17, 15) is 22.0 Å². The molecule has 1 amide bonds.